The second kappa shape index (κ2) is 7.38. The summed E-state index contributed by atoms with van der Waals surface area (Å²) in [4.78, 5) is 26.6. The van der Waals surface area contributed by atoms with Crippen molar-refractivity contribution in [2.45, 2.75) is 18.0 Å². The summed E-state index contributed by atoms with van der Waals surface area (Å²) in [6.45, 7) is 1.36. The van der Waals surface area contributed by atoms with Crippen LogP contribution in [0.5, 0.6) is 0 Å². The number of hydrogen-bond donors (Lipinski definition) is 1. The predicted octanol–water partition coefficient (Wildman–Crippen LogP) is 1.61. The third-order valence-corrected chi connectivity index (χ3v) is 3.98. The Kier molecular flexibility index (Phi) is 6.14. The molecular weight excluding hydrogens is 320 g/mol. The molecule has 0 aliphatic heterocycles. The summed E-state index contributed by atoms with van der Waals surface area (Å²) in [6, 6.07) is 2.99. The molecule has 1 rings (SSSR count). The van der Waals surface area contributed by atoms with Crippen LogP contribution >= 0.6 is 27.7 Å². The van der Waals surface area contributed by atoms with E-state index in [0.29, 0.717) is 5.75 Å². The van der Waals surface area contributed by atoms with Crippen molar-refractivity contribution in [2.75, 3.05) is 12.9 Å². The fourth-order valence-corrected chi connectivity index (χ4v) is 2.68. The number of aromatic nitrogens is 1. The Balaban J connectivity index is 2.64. The van der Waals surface area contributed by atoms with Crippen molar-refractivity contribution >= 4 is 39.6 Å². The lowest BCUT2D eigenvalue weighted by molar-refractivity contribution is -0.144. The summed E-state index contributed by atoms with van der Waals surface area (Å²) < 4.78 is 5.48. The van der Waals surface area contributed by atoms with Gasteiger partial charge in [-0.1, -0.05) is 0 Å². The van der Waals surface area contributed by atoms with Gasteiger partial charge in [-0.15, -0.1) is 11.8 Å². The number of amides is 1. The summed E-state index contributed by atoms with van der Waals surface area (Å²) >= 11 is 4.73. The largest absolute Gasteiger partial charge is 0.467 e. The van der Waals surface area contributed by atoms with E-state index < -0.39 is 12.0 Å². The number of carbonyl (C=O) groups excluding carboxylic acids is 2. The Labute approximate surface area is 118 Å². The van der Waals surface area contributed by atoms with E-state index in [2.05, 4.69) is 31.0 Å². The molecule has 0 radical (unpaired) electrons. The maximum Gasteiger partial charge on any atom is 0.329 e. The second-order valence-corrected chi connectivity index (χ2v) is 5.24. The van der Waals surface area contributed by atoms with Gasteiger partial charge in [0.2, 0.25) is 5.91 Å². The predicted molar refractivity (Wildman–Crippen MR) is 72.3 cm³/mol. The van der Waals surface area contributed by atoms with E-state index in [1.807, 2.05) is 6.07 Å². The van der Waals surface area contributed by atoms with E-state index in [4.69, 9.17) is 0 Å². The van der Waals surface area contributed by atoms with Gasteiger partial charge in [0.1, 0.15) is 11.1 Å². The number of halogens is 1. The van der Waals surface area contributed by atoms with Gasteiger partial charge < -0.3 is 10.1 Å². The number of nitrogens with one attached hydrogen (secondary N) is 1. The zero-order valence-electron chi connectivity index (χ0n) is 9.97. The zero-order valence-corrected chi connectivity index (χ0v) is 12.4. The Morgan fingerprint density at radius 1 is 1.61 bits per heavy atom. The first kappa shape index (κ1) is 15.0. The first-order valence-corrected chi connectivity index (χ1v) is 6.90. The van der Waals surface area contributed by atoms with Gasteiger partial charge in [-0.05, 0) is 28.1 Å². The lowest BCUT2D eigenvalue weighted by Gasteiger charge is -2.14. The third kappa shape index (κ3) is 4.66. The Morgan fingerprint density at radius 3 is 2.89 bits per heavy atom. The van der Waals surface area contributed by atoms with Crippen LogP contribution in [-0.2, 0) is 14.3 Å². The highest BCUT2D eigenvalue weighted by atomic mass is 79.9. The monoisotopic (exact) mass is 332 g/mol. The van der Waals surface area contributed by atoms with Crippen molar-refractivity contribution in [1.82, 2.24) is 10.3 Å². The van der Waals surface area contributed by atoms with Gasteiger partial charge in [0.15, 0.2) is 0 Å². The highest BCUT2D eigenvalue weighted by molar-refractivity contribution is 9.10. The molecule has 0 bridgehead atoms. The van der Waals surface area contributed by atoms with Crippen LogP contribution in [-0.4, -0.2) is 35.8 Å². The molecule has 0 fully saturated rings. The topological polar surface area (TPSA) is 68.3 Å². The van der Waals surface area contributed by atoms with Crippen LogP contribution in [0, 0.1) is 0 Å². The van der Waals surface area contributed by atoms with Crippen molar-refractivity contribution in [2.24, 2.45) is 0 Å². The molecule has 1 amide bonds. The van der Waals surface area contributed by atoms with Crippen LogP contribution in [0.1, 0.15) is 6.92 Å². The molecule has 1 N–H and O–H groups in total. The quantitative estimate of drug-likeness (QED) is 0.655. The van der Waals surface area contributed by atoms with Crippen molar-refractivity contribution in [3.05, 3.63) is 22.8 Å². The molecule has 1 aromatic rings. The summed E-state index contributed by atoms with van der Waals surface area (Å²) in [7, 11) is 1.29. The molecule has 1 aromatic heterocycles. The smallest absolute Gasteiger partial charge is 0.329 e. The molecule has 1 atom stereocenters. The normalized spacial score (nSPS) is 11.7. The minimum atomic E-state index is -0.675. The molecular formula is C11H13BrN2O3S. The first-order chi connectivity index (χ1) is 8.54. The van der Waals surface area contributed by atoms with E-state index in [-0.39, 0.29) is 5.91 Å². The molecule has 1 unspecified atom stereocenters. The molecule has 7 heteroatoms. The van der Waals surface area contributed by atoms with Gasteiger partial charge in [0, 0.05) is 23.3 Å². The number of carbonyl (C=O) groups is 2. The Morgan fingerprint density at radius 2 is 2.33 bits per heavy atom. The van der Waals surface area contributed by atoms with Crippen molar-refractivity contribution < 1.29 is 14.3 Å². The molecule has 5 nitrogen and oxygen atoms in total. The number of ether oxygens (including phenoxy) is 1. The van der Waals surface area contributed by atoms with Gasteiger partial charge in [0.25, 0.3) is 0 Å². The SMILES string of the molecule is COC(=O)C(CSc1ncccc1Br)NC(C)=O. The van der Waals surface area contributed by atoms with Crippen LogP contribution in [0.3, 0.4) is 0 Å². The fourth-order valence-electron chi connectivity index (χ4n) is 1.20. The lowest BCUT2D eigenvalue weighted by Crippen LogP contribution is -2.42. The van der Waals surface area contributed by atoms with Crippen LogP contribution in [0.2, 0.25) is 0 Å². The van der Waals surface area contributed by atoms with Gasteiger partial charge in [-0.3, -0.25) is 4.79 Å². The molecule has 0 aromatic carbocycles. The van der Waals surface area contributed by atoms with E-state index in [9.17, 15) is 9.59 Å². The van der Waals surface area contributed by atoms with Crippen LogP contribution < -0.4 is 5.32 Å². The maximum absolute atomic E-state index is 11.5. The third-order valence-electron chi connectivity index (χ3n) is 1.97. The van der Waals surface area contributed by atoms with Crippen molar-refractivity contribution in [3.63, 3.8) is 0 Å². The average Bonchev–Trinajstić information content (AvgIpc) is 2.34. The minimum Gasteiger partial charge on any atom is -0.467 e. The zero-order chi connectivity index (χ0) is 13.5. The van der Waals surface area contributed by atoms with Gasteiger partial charge in [-0.2, -0.15) is 0 Å². The summed E-state index contributed by atoms with van der Waals surface area (Å²) in [5.41, 5.74) is 0. The fraction of sp³-hybridized carbons (Fsp3) is 0.364. The molecule has 0 spiro atoms. The number of methoxy groups -OCH3 is 1. The lowest BCUT2D eigenvalue weighted by atomic mass is 10.3. The van der Waals surface area contributed by atoms with Crippen molar-refractivity contribution in [3.8, 4) is 0 Å². The molecule has 1 heterocycles. The van der Waals surface area contributed by atoms with Gasteiger partial charge >= 0.3 is 5.97 Å². The summed E-state index contributed by atoms with van der Waals surface area (Å²) in [6.07, 6.45) is 1.67. The van der Waals surface area contributed by atoms with E-state index in [0.717, 1.165) is 9.50 Å². The standard InChI is InChI=1S/C11H13BrN2O3S/c1-7(15)14-9(11(16)17-2)6-18-10-8(12)4-3-5-13-10/h3-5,9H,6H2,1-2H3,(H,14,15). The highest BCUT2D eigenvalue weighted by Crippen LogP contribution is 2.25. The number of pyridine rings is 1. The van der Waals surface area contributed by atoms with E-state index >= 15 is 0 Å². The number of esters is 1. The number of rotatable bonds is 5. The van der Waals surface area contributed by atoms with Gasteiger partial charge in [-0.25, -0.2) is 9.78 Å². The molecule has 0 saturated heterocycles. The Hall–Kier alpha value is -1.08. The van der Waals surface area contributed by atoms with Gasteiger partial charge in [0.05, 0.1) is 7.11 Å². The summed E-state index contributed by atoms with van der Waals surface area (Å²) in [5.74, 6) is -0.377. The molecule has 0 aliphatic carbocycles. The molecule has 0 saturated carbocycles. The second-order valence-electron chi connectivity index (χ2n) is 3.38. The molecule has 0 aliphatic rings. The van der Waals surface area contributed by atoms with Crippen molar-refractivity contribution in [1.29, 1.82) is 0 Å². The molecule has 18 heavy (non-hydrogen) atoms. The first-order valence-electron chi connectivity index (χ1n) is 5.13. The Bertz CT molecular complexity index is 442. The van der Waals surface area contributed by atoms with E-state index in [1.165, 1.54) is 25.8 Å². The number of nitrogens with zero attached hydrogens (tertiary/aromatic N) is 1. The highest BCUT2D eigenvalue weighted by Gasteiger charge is 2.20. The van der Waals surface area contributed by atoms with Crippen LogP contribution in [0.15, 0.2) is 27.8 Å². The van der Waals surface area contributed by atoms with E-state index in [1.54, 1.807) is 12.3 Å². The average molecular weight is 333 g/mol. The number of thioether (sulfide) groups is 1. The van der Waals surface area contributed by atoms with Crippen LogP contribution in [0.25, 0.3) is 0 Å². The minimum absolute atomic E-state index is 0.272. The van der Waals surface area contributed by atoms with Crippen LogP contribution in [0.4, 0.5) is 0 Å². The summed E-state index contributed by atoms with van der Waals surface area (Å²) in [5, 5.41) is 3.30. The maximum atomic E-state index is 11.5. The molecule has 98 valence electrons. The number of hydrogen-bond acceptors (Lipinski definition) is 5.